The molecule has 2 aromatic carbocycles. The van der Waals surface area contributed by atoms with Gasteiger partial charge in [-0.1, -0.05) is 0 Å². The van der Waals surface area contributed by atoms with Crippen molar-refractivity contribution in [2.24, 2.45) is 0 Å². The summed E-state index contributed by atoms with van der Waals surface area (Å²) in [6, 6.07) is 10.3. The van der Waals surface area contributed by atoms with Crippen molar-refractivity contribution in [1.82, 2.24) is 4.98 Å². The number of benzene rings is 2. The molecule has 0 aliphatic rings. The number of nitrogens with one attached hydrogen (secondary N) is 2. The van der Waals surface area contributed by atoms with Crippen LogP contribution in [0.25, 0.3) is 0 Å². The Kier molecular flexibility index (Phi) is 4.80. The fraction of sp³-hybridized carbons (Fsp3) is 0. The quantitative estimate of drug-likeness (QED) is 0.418. The molecule has 3 aromatic rings. The van der Waals surface area contributed by atoms with Crippen LogP contribution in [0.15, 0.2) is 54.7 Å². The number of halogens is 2. The number of pyridine rings is 1. The molecular formula is C19H15F2N5O. The van der Waals surface area contributed by atoms with Crippen LogP contribution in [0.5, 0.6) is 0 Å². The van der Waals surface area contributed by atoms with E-state index < -0.39 is 17.5 Å². The molecule has 6 nitrogen and oxygen atoms in total. The normalized spacial score (nSPS) is 10.4. The number of nitrogens with two attached hydrogens (primary N) is 2. The maximum Gasteiger partial charge on any atom is 0.257 e. The highest BCUT2D eigenvalue weighted by Gasteiger charge is 2.13. The maximum atomic E-state index is 13.3. The highest BCUT2D eigenvalue weighted by Crippen LogP contribution is 2.21. The van der Waals surface area contributed by atoms with E-state index in [2.05, 4.69) is 10.3 Å². The molecule has 0 saturated carbocycles. The summed E-state index contributed by atoms with van der Waals surface area (Å²) >= 11 is 0. The summed E-state index contributed by atoms with van der Waals surface area (Å²) in [4.78, 5) is 16.2. The highest BCUT2D eigenvalue weighted by molar-refractivity contribution is 6.14. The summed E-state index contributed by atoms with van der Waals surface area (Å²) < 4.78 is 26.5. The molecule has 0 bridgehead atoms. The standard InChI is InChI=1S/C19H15F2N5O/c20-12-5-11(6-13(21)8-12)19(27)26-17-7-10(3-4-25-17)18(24)15-9-14(22)1-2-16(15)23/h1-9,24H,22-23H2,(H,25,26,27). The molecule has 0 unspecified atom stereocenters. The summed E-state index contributed by atoms with van der Waals surface area (Å²) in [5, 5.41) is 10.8. The van der Waals surface area contributed by atoms with Crippen LogP contribution in [0.3, 0.4) is 0 Å². The second-order valence-electron chi connectivity index (χ2n) is 5.76. The lowest BCUT2D eigenvalue weighted by atomic mass is 10.0. The fourth-order valence-corrected chi connectivity index (χ4v) is 2.47. The summed E-state index contributed by atoms with van der Waals surface area (Å²) in [6.07, 6.45) is 1.40. The van der Waals surface area contributed by atoms with Gasteiger partial charge in [-0.05, 0) is 42.5 Å². The Morgan fingerprint density at radius 3 is 2.37 bits per heavy atom. The number of aromatic nitrogens is 1. The average molecular weight is 367 g/mol. The minimum absolute atomic E-state index is 0.0921. The van der Waals surface area contributed by atoms with Crippen molar-refractivity contribution in [2.45, 2.75) is 0 Å². The molecular weight excluding hydrogens is 352 g/mol. The number of nitrogens with zero attached hydrogens (tertiary/aromatic N) is 1. The number of hydrogen-bond acceptors (Lipinski definition) is 5. The van der Waals surface area contributed by atoms with Crippen LogP contribution >= 0.6 is 0 Å². The highest BCUT2D eigenvalue weighted by atomic mass is 19.1. The minimum Gasteiger partial charge on any atom is -0.399 e. The number of rotatable bonds is 4. The Balaban J connectivity index is 1.86. The maximum absolute atomic E-state index is 13.3. The van der Waals surface area contributed by atoms with Gasteiger partial charge in [-0.3, -0.25) is 10.2 Å². The molecule has 0 radical (unpaired) electrons. The predicted molar refractivity (Wildman–Crippen MR) is 99.7 cm³/mol. The number of anilines is 3. The van der Waals surface area contributed by atoms with Gasteiger partial charge in [-0.15, -0.1) is 0 Å². The monoisotopic (exact) mass is 367 g/mol. The van der Waals surface area contributed by atoms with Crippen LogP contribution in [0, 0.1) is 17.0 Å². The molecule has 0 spiro atoms. The third-order valence-corrected chi connectivity index (χ3v) is 3.76. The number of carbonyl (C=O) groups is 1. The van der Waals surface area contributed by atoms with Crippen LogP contribution in [-0.4, -0.2) is 16.6 Å². The van der Waals surface area contributed by atoms with Gasteiger partial charge in [-0.2, -0.15) is 0 Å². The molecule has 1 aromatic heterocycles. The SMILES string of the molecule is N=C(c1ccnc(NC(=O)c2cc(F)cc(F)c2)c1)c1cc(N)ccc1N. The van der Waals surface area contributed by atoms with Gasteiger partial charge >= 0.3 is 0 Å². The second kappa shape index (κ2) is 7.20. The largest absolute Gasteiger partial charge is 0.399 e. The molecule has 6 N–H and O–H groups in total. The van der Waals surface area contributed by atoms with E-state index in [0.717, 1.165) is 12.1 Å². The number of carbonyl (C=O) groups excluding carboxylic acids is 1. The van der Waals surface area contributed by atoms with Gasteiger partial charge in [0.25, 0.3) is 5.91 Å². The van der Waals surface area contributed by atoms with Crippen LogP contribution in [-0.2, 0) is 0 Å². The Bertz CT molecular complexity index is 1030. The lowest BCUT2D eigenvalue weighted by Crippen LogP contribution is -2.14. The molecule has 136 valence electrons. The van der Waals surface area contributed by atoms with Gasteiger partial charge in [-0.25, -0.2) is 13.8 Å². The lowest BCUT2D eigenvalue weighted by Gasteiger charge is -2.10. The van der Waals surface area contributed by atoms with Crippen molar-refractivity contribution in [1.29, 1.82) is 5.41 Å². The van der Waals surface area contributed by atoms with Gasteiger partial charge in [0.1, 0.15) is 17.5 Å². The molecule has 0 aliphatic heterocycles. The first-order chi connectivity index (χ1) is 12.8. The molecule has 0 fully saturated rings. The Hall–Kier alpha value is -3.81. The first kappa shape index (κ1) is 18.0. The molecule has 8 heteroatoms. The Morgan fingerprint density at radius 1 is 0.963 bits per heavy atom. The smallest absolute Gasteiger partial charge is 0.257 e. The summed E-state index contributed by atoms with van der Waals surface area (Å²) in [5.41, 5.74) is 13.3. The Morgan fingerprint density at radius 2 is 1.67 bits per heavy atom. The van der Waals surface area contributed by atoms with E-state index in [1.165, 1.54) is 12.3 Å². The van der Waals surface area contributed by atoms with E-state index in [1.54, 1.807) is 24.3 Å². The third kappa shape index (κ3) is 4.06. The molecule has 0 saturated heterocycles. The molecule has 0 aliphatic carbocycles. The first-order valence-corrected chi connectivity index (χ1v) is 7.81. The van der Waals surface area contributed by atoms with Crippen molar-refractivity contribution in [3.8, 4) is 0 Å². The van der Waals surface area contributed by atoms with Crippen molar-refractivity contribution in [3.05, 3.63) is 83.1 Å². The van der Waals surface area contributed by atoms with Crippen LogP contribution in [0.4, 0.5) is 26.0 Å². The molecule has 1 heterocycles. The van der Waals surface area contributed by atoms with Crippen molar-refractivity contribution in [2.75, 3.05) is 16.8 Å². The summed E-state index contributed by atoms with van der Waals surface area (Å²) in [7, 11) is 0. The fourth-order valence-electron chi connectivity index (χ4n) is 2.47. The third-order valence-electron chi connectivity index (χ3n) is 3.76. The molecule has 0 atom stereocenters. The van der Waals surface area contributed by atoms with E-state index in [-0.39, 0.29) is 17.1 Å². The van der Waals surface area contributed by atoms with Crippen LogP contribution in [0.2, 0.25) is 0 Å². The van der Waals surface area contributed by atoms with Crippen molar-refractivity contribution < 1.29 is 13.6 Å². The predicted octanol–water partition coefficient (Wildman–Crippen LogP) is 3.19. The van der Waals surface area contributed by atoms with E-state index in [9.17, 15) is 13.6 Å². The molecule has 27 heavy (non-hydrogen) atoms. The van der Waals surface area contributed by atoms with Crippen molar-refractivity contribution >= 4 is 28.8 Å². The van der Waals surface area contributed by atoms with Crippen LogP contribution in [0.1, 0.15) is 21.5 Å². The van der Waals surface area contributed by atoms with E-state index in [1.807, 2.05) is 0 Å². The van der Waals surface area contributed by atoms with Gasteiger partial charge in [0.05, 0.1) is 5.71 Å². The van der Waals surface area contributed by atoms with E-state index in [0.29, 0.717) is 28.6 Å². The van der Waals surface area contributed by atoms with Gasteiger partial charge in [0.2, 0.25) is 0 Å². The van der Waals surface area contributed by atoms with Gasteiger partial charge in [0, 0.05) is 40.3 Å². The minimum atomic E-state index is -0.860. The van der Waals surface area contributed by atoms with Crippen LogP contribution < -0.4 is 16.8 Å². The average Bonchev–Trinajstić information content (AvgIpc) is 2.62. The summed E-state index contributed by atoms with van der Waals surface area (Å²) in [6.45, 7) is 0. The number of nitrogen functional groups attached to an aromatic ring is 2. The second-order valence-corrected chi connectivity index (χ2v) is 5.76. The molecule has 3 rings (SSSR count). The lowest BCUT2D eigenvalue weighted by molar-refractivity contribution is 0.102. The zero-order valence-electron chi connectivity index (χ0n) is 14.0. The van der Waals surface area contributed by atoms with E-state index >= 15 is 0 Å². The number of hydrogen-bond donors (Lipinski definition) is 4. The van der Waals surface area contributed by atoms with E-state index in [4.69, 9.17) is 16.9 Å². The Labute approximate surface area is 153 Å². The van der Waals surface area contributed by atoms with Crippen molar-refractivity contribution in [3.63, 3.8) is 0 Å². The zero-order valence-corrected chi connectivity index (χ0v) is 14.0. The topological polar surface area (TPSA) is 118 Å². The van der Waals surface area contributed by atoms with Gasteiger partial charge in [0.15, 0.2) is 0 Å². The summed E-state index contributed by atoms with van der Waals surface area (Å²) in [5.74, 6) is -2.33. The number of amides is 1. The molecule has 1 amide bonds. The zero-order chi connectivity index (χ0) is 19.6. The first-order valence-electron chi connectivity index (χ1n) is 7.81. The van der Waals surface area contributed by atoms with Gasteiger partial charge < -0.3 is 16.8 Å².